The Morgan fingerprint density at radius 2 is 2.00 bits per heavy atom. The predicted octanol–water partition coefficient (Wildman–Crippen LogP) is 3.66. The fraction of sp³-hybridized carbons (Fsp3) is 0.357. The van der Waals surface area contributed by atoms with E-state index in [4.69, 9.17) is 22.3 Å². The lowest BCUT2D eigenvalue weighted by Gasteiger charge is -2.19. The van der Waals surface area contributed by atoms with Crippen LogP contribution in [0.4, 0.5) is 5.69 Å². The maximum absolute atomic E-state index is 6.29. The van der Waals surface area contributed by atoms with Gasteiger partial charge in [-0.15, -0.1) is 0 Å². The highest BCUT2D eigenvalue weighted by Crippen LogP contribution is 2.36. The minimum Gasteiger partial charge on any atom is -0.398 e. The summed E-state index contributed by atoms with van der Waals surface area (Å²) >= 11 is 6.26. The first-order valence-electron chi connectivity index (χ1n) is 6.04. The standard InChI is InChI=1S/C14H15ClN2/c1-8-6-7-10(15)12-13(16)9-4-2-3-5-11(9)17-14(8)12/h6-7H,2-5H2,1H3,(H2,16,17). The van der Waals surface area contributed by atoms with E-state index in [-0.39, 0.29) is 0 Å². The van der Waals surface area contributed by atoms with Gasteiger partial charge in [0.15, 0.2) is 0 Å². The van der Waals surface area contributed by atoms with Crippen molar-refractivity contribution in [1.82, 2.24) is 4.98 Å². The highest BCUT2D eigenvalue weighted by atomic mass is 35.5. The van der Waals surface area contributed by atoms with Crippen LogP contribution in [0.1, 0.15) is 29.7 Å². The van der Waals surface area contributed by atoms with Crippen LogP contribution in [0.2, 0.25) is 5.02 Å². The van der Waals surface area contributed by atoms with Gasteiger partial charge < -0.3 is 5.73 Å². The van der Waals surface area contributed by atoms with Gasteiger partial charge in [-0.3, -0.25) is 4.98 Å². The minimum absolute atomic E-state index is 0.712. The number of aryl methyl sites for hydroxylation is 2. The topological polar surface area (TPSA) is 38.9 Å². The Morgan fingerprint density at radius 1 is 1.24 bits per heavy atom. The van der Waals surface area contributed by atoms with E-state index >= 15 is 0 Å². The molecule has 0 fully saturated rings. The first-order chi connectivity index (χ1) is 8.18. The van der Waals surface area contributed by atoms with Gasteiger partial charge in [-0.25, -0.2) is 0 Å². The molecule has 0 spiro atoms. The molecular formula is C14H15ClN2. The Labute approximate surface area is 106 Å². The lowest BCUT2D eigenvalue weighted by molar-refractivity contribution is 0.673. The fourth-order valence-corrected chi connectivity index (χ4v) is 2.91. The largest absolute Gasteiger partial charge is 0.398 e. The van der Waals surface area contributed by atoms with Crippen LogP contribution in [0.3, 0.4) is 0 Å². The van der Waals surface area contributed by atoms with Crippen LogP contribution in [0.25, 0.3) is 10.9 Å². The lowest BCUT2D eigenvalue weighted by atomic mass is 9.92. The van der Waals surface area contributed by atoms with Crippen molar-refractivity contribution < 1.29 is 0 Å². The maximum atomic E-state index is 6.29. The number of benzene rings is 1. The Bertz CT molecular complexity index is 605. The smallest absolute Gasteiger partial charge is 0.0770 e. The maximum Gasteiger partial charge on any atom is 0.0770 e. The highest BCUT2D eigenvalue weighted by molar-refractivity contribution is 6.36. The molecule has 1 heterocycles. The van der Waals surface area contributed by atoms with Crippen molar-refractivity contribution in [3.05, 3.63) is 34.0 Å². The van der Waals surface area contributed by atoms with Gasteiger partial charge in [-0.2, -0.15) is 0 Å². The number of hydrogen-bond donors (Lipinski definition) is 1. The number of hydrogen-bond acceptors (Lipinski definition) is 2. The second kappa shape index (κ2) is 3.88. The molecule has 17 heavy (non-hydrogen) atoms. The number of anilines is 1. The van der Waals surface area contributed by atoms with E-state index in [9.17, 15) is 0 Å². The van der Waals surface area contributed by atoms with Gasteiger partial charge in [0.25, 0.3) is 0 Å². The highest BCUT2D eigenvalue weighted by Gasteiger charge is 2.18. The van der Waals surface area contributed by atoms with E-state index in [1.807, 2.05) is 12.1 Å². The summed E-state index contributed by atoms with van der Waals surface area (Å²) < 4.78 is 0. The Morgan fingerprint density at radius 3 is 2.82 bits per heavy atom. The molecular weight excluding hydrogens is 232 g/mol. The van der Waals surface area contributed by atoms with Crippen molar-refractivity contribution in [2.75, 3.05) is 5.73 Å². The number of pyridine rings is 1. The third kappa shape index (κ3) is 1.59. The molecule has 0 atom stereocenters. The van der Waals surface area contributed by atoms with Crippen molar-refractivity contribution in [3.63, 3.8) is 0 Å². The van der Waals surface area contributed by atoms with Crippen LogP contribution in [0.5, 0.6) is 0 Å². The molecule has 0 bridgehead atoms. The average molecular weight is 247 g/mol. The van der Waals surface area contributed by atoms with Gasteiger partial charge in [0.1, 0.15) is 0 Å². The zero-order chi connectivity index (χ0) is 12.0. The molecule has 0 unspecified atom stereocenters. The number of fused-ring (bicyclic) bond motifs is 2. The Hall–Kier alpha value is -1.28. The summed E-state index contributed by atoms with van der Waals surface area (Å²) in [6, 6.07) is 3.92. The molecule has 3 heteroatoms. The number of nitrogen functional groups attached to an aromatic ring is 1. The summed E-state index contributed by atoms with van der Waals surface area (Å²) in [6.07, 6.45) is 4.49. The van der Waals surface area contributed by atoms with E-state index in [0.29, 0.717) is 5.02 Å². The molecule has 2 nitrogen and oxygen atoms in total. The molecule has 1 aliphatic carbocycles. The fourth-order valence-electron chi connectivity index (χ4n) is 2.66. The summed E-state index contributed by atoms with van der Waals surface area (Å²) in [4.78, 5) is 4.77. The summed E-state index contributed by atoms with van der Waals surface area (Å²) in [5.41, 5.74) is 11.6. The van der Waals surface area contributed by atoms with E-state index in [0.717, 1.165) is 35.0 Å². The van der Waals surface area contributed by atoms with E-state index in [2.05, 4.69) is 6.92 Å². The first-order valence-corrected chi connectivity index (χ1v) is 6.42. The van der Waals surface area contributed by atoms with Crippen LogP contribution in [0, 0.1) is 6.92 Å². The third-order valence-corrected chi connectivity index (χ3v) is 3.92. The van der Waals surface area contributed by atoms with Crippen molar-refractivity contribution >= 4 is 28.2 Å². The summed E-state index contributed by atoms with van der Waals surface area (Å²) in [5.74, 6) is 0. The molecule has 1 aromatic heterocycles. The van der Waals surface area contributed by atoms with Crippen LogP contribution >= 0.6 is 11.6 Å². The molecule has 1 aliphatic rings. The summed E-state index contributed by atoms with van der Waals surface area (Å²) in [6.45, 7) is 2.06. The van der Waals surface area contributed by atoms with Crippen LogP contribution in [-0.2, 0) is 12.8 Å². The molecule has 2 N–H and O–H groups in total. The minimum atomic E-state index is 0.712. The van der Waals surface area contributed by atoms with Crippen molar-refractivity contribution in [2.45, 2.75) is 32.6 Å². The molecule has 0 saturated carbocycles. The van der Waals surface area contributed by atoms with Crippen LogP contribution in [-0.4, -0.2) is 4.98 Å². The van der Waals surface area contributed by atoms with Crippen molar-refractivity contribution in [2.24, 2.45) is 0 Å². The number of halogens is 1. The van der Waals surface area contributed by atoms with Gasteiger partial charge in [0.05, 0.1) is 10.5 Å². The van der Waals surface area contributed by atoms with Crippen molar-refractivity contribution in [3.8, 4) is 0 Å². The molecule has 88 valence electrons. The van der Waals surface area contributed by atoms with Crippen molar-refractivity contribution in [1.29, 1.82) is 0 Å². The zero-order valence-electron chi connectivity index (χ0n) is 9.89. The Kier molecular flexibility index (Phi) is 2.48. The molecule has 2 aromatic rings. The predicted molar refractivity (Wildman–Crippen MR) is 72.5 cm³/mol. The number of rotatable bonds is 0. The number of nitrogens with two attached hydrogens (primary N) is 1. The second-order valence-electron chi connectivity index (χ2n) is 4.75. The normalized spacial score (nSPS) is 14.9. The quantitative estimate of drug-likeness (QED) is 0.771. The average Bonchev–Trinajstić information content (AvgIpc) is 2.34. The first kappa shape index (κ1) is 10.8. The molecule has 0 aliphatic heterocycles. The van der Waals surface area contributed by atoms with E-state index in [1.165, 1.54) is 24.1 Å². The van der Waals surface area contributed by atoms with Crippen LogP contribution < -0.4 is 5.73 Å². The molecule has 3 rings (SSSR count). The molecule has 0 saturated heterocycles. The third-order valence-electron chi connectivity index (χ3n) is 3.61. The lowest BCUT2D eigenvalue weighted by Crippen LogP contribution is -2.10. The van der Waals surface area contributed by atoms with E-state index in [1.54, 1.807) is 0 Å². The number of nitrogens with zero attached hydrogens (tertiary/aromatic N) is 1. The zero-order valence-corrected chi connectivity index (χ0v) is 10.6. The van der Waals surface area contributed by atoms with Gasteiger partial charge in [-0.1, -0.05) is 17.7 Å². The molecule has 0 amide bonds. The molecule has 0 radical (unpaired) electrons. The van der Waals surface area contributed by atoms with Gasteiger partial charge in [0.2, 0.25) is 0 Å². The summed E-state index contributed by atoms with van der Waals surface area (Å²) in [5, 5.41) is 1.65. The second-order valence-corrected chi connectivity index (χ2v) is 5.15. The van der Waals surface area contributed by atoms with Crippen LogP contribution in [0.15, 0.2) is 12.1 Å². The monoisotopic (exact) mass is 246 g/mol. The van der Waals surface area contributed by atoms with Gasteiger partial charge >= 0.3 is 0 Å². The SMILES string of the molecule is Cc1ccc(Cl)c2c(N)c3c(nc12)CCCC3. The van der Waals surface area contributed by atoms with Gasteiger partial charge in [0, 0.05) is 16.8 Å². The number of aromatic nitrogens is 1. The van der Waals surface area contributed by atoms with Gasteiger partial charge in [-0.05, 0) is 49.8 Å². The Balaban J connectivity index is 2.44. The molecule has 1 aromatic carbocycles. The van der Waals surface area contributed by atoms with E-state index < -0.39 is 0 Å². The summed E-state index contributed by atoms with van der Waals surface area (Å²) in [7, 11) is 0.